The molecule has 0 aromatic carbocycles. The van der Waals surface area contributed by atoms with E-state index in [1.54, 1.807) is 0 Å². The Morgan fingerprint density at radius 1 is 1.50 bits per heavy atom. The molecular formula is C6H14ClOPS. The van der Waals surface area contributed by atoms with Gasteiger partial charge in [0.15, 0.2) is 0 Å². The molecule has 0 fully saturated rings. The summed E-state index contributed by atoms with van der Waals surface area (Å²) in [5.74, 6) is 0.936. The van der Waals surface area contributed by atoms with Crippen LogP contribution in [0.4, 0.5) is 0 Å². The van der Waals surface area contributed by atoms with E-state index in [1.807, 2.05) is 6.92 Å². The Bertz CT molecular complexity index is 129. The van der Waals surface area contributed by atoms with Gasteiger partial charge >= 0.3 is 0 Å². The first kappa shape index (κ1) is 10.9. The second-order valence-corrected chi connectivity index (χ2v) is 9.36. The van der Waals surface area contributed by atoms with Gasteiger partial charge in [-0.25, -0.2) is 0 Å². The molecule has 0 aliphatic rings. The molecule has 0 radical (unpaired) electrons. The van der Waals surface area contributed by atoms with E-state index in [0.717, 1.165) is 18.6 Å². The number of hydrogen-bond donors (Lipinski definition) is 0. The van der Waals surface area contributed by atoms with Gasteiger partial charge in [0.2, 0.25) is 5.70 Å². The molecule has 1 unspecified atom stereocenters. The lowest BCUT2D eigenvalue weighted by Gasteiger charge is -2.04. The van der Waals surface area contributed by atoms with E-state index in [9.17, 15) is 4.57 Å². The molecule has 10 heavy (non-hydrogen) atoms. The molecule has 0 aromatic rings. The van der Waals surface area contributed by atoms with E-state index < -0.39 is 5.70 Å². The zero-order valence-corrected chi connectivity index (χ0v) is 8.94. The van der Waals surface area contributed by atoms with Crippen LogP contribution in [0.5, 0.6) is 0 Å². The van der Waals surface area contributed by atoms with Crippen molar-refractivity contribution in [3.63, 3.8) is 0 Å². The van der Waals surface area contributed by atoms with Crippen LogP contribution in [0.2, 0.25) is 0 Å². The van der Waals surface area contributed by atoms with Crippen LogP contribution in [0.3, 0.4) is 0 Å². The number of hydrogen-bond acceptors (Lipinski definition) is 2. The Hall–Kier alpha value is 0.870. The predicted molar refractivity (Wildman–Crippen MR) is 51.4 cm³/mol. The quantitative estimate of drug-likeness (QED) is 0.494. The number of unbranched alkanes of at least 4 members (excludes halogenated alkanes) is 1. The van der Waals surface area contributed by atoms with E-state index in [-0.39, 0.29) is 0 Å². The fourth-order valence-electron chi connectivity index (χ4n) is 0.436. The van der Waals surface area contributed by atoms with Crippen molar-refractivity contribution in [3.05, 3.63) is 0 Å². The second kappa shape index (κ2) is 5.51. The molecule has 0 amide bonds. The third kappa shape index (κ3) is 5.64. The number of rotatable bonds is 5. The predicted octanol–water partition coefficient (Wildman–Crippen LogP) is 3.97. The van der Waals surface area contributed by atoms with Gasteiger partial charge in [0, 0.05) is 11.9 Å². The fraction of sp³-hybridized carbons (Fsp3) is 1.00. The molecular weight excluding hydrogens is 187 g/mol. The van der Waals surface area contributed by atoms with Crippen molar-refractivity contribution in [3.8, 4) is 0 Å². The lowest BCUT2D eigenvalue weighted by atomic mass is 10.4. The minimum atomic E-state index is -2.31. The van der Waals surface area contributed by atoms with Crippen LogP contribution >= 0.6 is 28.3 Å². The van der Waals surface area contributed by atoms with Gasteiger partial charge < -0.3 is 0 Å². The minimum absolute atomic E-state index is 0.600. The molecule has 62 valence electrons. The number of halogens is 1. The van der Waals surface area contributed by atoms with Gasteiger partial charge in [0.05, 0.1) is 0 Å². The molecule has 0 saturated heterocycles. The molecule has 1 atom stereocenters. The lowest BCUT2D eigenvalue weighted by molar-refractivity contribution is 0.593. The molecule has 0 aliphatic carbocycles. The van der Waals surface area contributed by atoms with Crippen LogP contribution in [0, 0.1) is 0 Å². The van der Waals surface area contributed by atoms with Crippen molar-refractivity contribution in [2.45, 2.75) is 26.7 Å². The highest BCUT2D eigenvalue weighted by molar-refractivity contribution is 8.65. The highest BCUT2D eigenvalue weighted by Gasteiger charge is 2.14. The smallest absolute Gasteiger partial charge is 0.221 e. The Morgan fingerprint density at radius 2 is 2.10 bits per heavy atom. The monoisotopic (exact) mass is 200 g/mol. The van der Waals surface area contributed by atoms with Crippen LogP contribution in [-0.2, 0) is 4.57 Å². The second-order valence-electron chi connectivity index (χ2n) is 2.09. The topological polar surface area (TPSA) is 17.1 Å². The van der Waals surface area contributed by atoms with Crippen molar-refractivity contribution in [2.75, 3.05) is 11.9 Å². The van der Waals surface area contributed by atoms with Crippen molar-refractivity contribution in [1.29, 1.82) is 0 Å². The van der Waals surface area contributed by atoms with Gasteiger partial charge in [-0.15, -0.1) is 0 Å². The van der Waals surface area contributed by atoms with Crippen LogP contribution in [-0.4, -0.2) is 11.9 Å². The summed E-state index contributed by atoms with van der Waals surface area (Å²) >= 11 is 7.10. The zero-order chi connectivity index (χ0) is 8.04. The highest BCUT2D eigenvalue weighted by atomic mass is 35.7. The summed E-state index contributed by atoms with van der Waals surface area (Å²) in [4.78, 5) is 0. The minimum Gasteiger partial charge on any atom is -0.295 e. The summed E-state index contributed by atoms with van der Waals surface area (Å²) in [5.41, 5.74) is -2.31. The van der Waals surface area contributed by atoms with Gasteiger partial charge in [-0.1, -0.05) is 31.7 Å². The third-order valence-electron chi connectivity index (χ3n) is 1.16. The Labute approximate surface area is 71.8 Å². The average Bonchev–Trinajstić information content (AvgIpc) is 1.89. The molecule has 0 bridgehead atoms. The average molecular weight is 201 g/mol. The maximum atomic E-state index is 11.2. The Balaban J connectivity index is 3.38. The molecule has 0 spiro atoms. The Morgan fingerprint density at radius 3 is 2.50 bits per heavy atom. The molecule has 1 nitrogen and oxygen atoms in total. The first-order valence-corrected chi connectivity index (χ1v) is 7.94. The van der Waals surface area contributed by atoms with Crippen LogP contribution < -0.4 is 0 Å². The summed E-state index contributed by atoms with van der Waals surface area (Å²) < 4.78 is 11.2. The highest BCUT2D eigenvalue weighted by Crippen LogP contribution is 2.62. The SMILES string of the molecule is CCCCSP(=O)(Cl)CC. The van der Waals surface area contributed by atoms with E-state index >= 15 is 0 Å². The fourth-order valence-corrected chi connectivity index (χ4v) is 3.68. The van der Waals surface area contributed by atoms with Crippen LogP contribution in [0.25, 0.3) is 0 Å². The van der Waals surface area contributed by atoms with Crippen molar-refractivity contribution >= 4 is 28.3 Å². The third-order valence-corrected chi connectivity index (χ3v) is 6.85. The summed E-state index contributed by atoms with van der Waals surface area (Å²) in [6.07, 6.45) is 2.86. The first-order valence-electron chi connectivity index (χ1n) is 3.55. The van der Waals surface area contributed by atoms with Crippen LogP contribution in [0.1, 0.15) is 26.7 Å². The van der Waals surface area contributed by atoms with Crippen LogP contribution in [0.15, 0.2) is 0 Å². The van der Waals surface area contributed by atoms with Gasteiger partial charge in [0.1, 0.15) is 0 Å². The molecule has 0 aliphatic heterocycles. The van der Waals surface area contributed by atoms with E-state index in [0.29, 0.717) is 6.16 Å². The maximum Gasteiger partial charge on any atom is 0.221 e. The largest absolute Gasteiger partial charge is 0.295 e. The van der Waals surface area contributed by atoms with Gasteiger partial charge in [-0.05, 0) is 17.7 Å². The Kier molecular flexibility index (Phi) is 5.99. The van der Waals surface area contributed by atoms with Crippen molar-refractivity contribution in [1.82, 2.24) is 0 Å². The van der Waals surface area contributed by atoms with Gasteiger partial charge in [-0.3, -0.25) is 4.57 Å². The summed E-state index contributed by atoms with van der Waals surface area (Å²) in [6.45, 7) is 3.98. The lowest BCUT2D eigenvalue weighted by Crippen LogP contribution is -1.77. The molecule has 0 N–H and O–H groups in total. The van der Waals surface area contributed by atoms with E-state index in [2.05, 4.69) is 6.92 Å². The summed E-state index contributed by atoms with van der Waals surface area (Å²) in [6, 6.07) is 0. The van der Waals surface area contributed by atoms with Crippen molar-refractivity contribution in [2.24, 2.45) is 0 Å². The van der Waals surface area contributed by atoms with Crippen molar-refractivity contribution < 1.29 is 4.57 Å². The standard InChI is InChI=1S/C6H14ClOPS/c1-3-5-6-10-9(7,8)4-2/h3-6H2,1-2H3. The first-order chi connectivity index (χ1) is 4.62. The van der Waals surface area contributed by atoms with Gasteiger partial charge in [0.25, 0.3) is 0 Å². The normalized spacial score (nSPS) is 16.7. The zero-order valence-electron chi connectivity index (χ0n) is 6.47. The van der Waals surface area contributed by atoms with E-state index in [1.165, 1.54) is 11.4 Å². The maximum absolute atomic E-state index is 11.2. The molecule has 4 heteroatoms. The molecule has 0 saturated carbocycles. The molecule has 0 heterocycles. The summed E-state index contributed by atoms with van der Waals surface area (Å²) in [7, 11) is 0. The summed E-state index contributed by atoms with van der Waals surface area (Å²) in [5, 5.41) is 0. The molecule has 0 rings (SSSR count). The van der Waals surface area contributed by atoms with E-state index in [4.69, 9.17) is 11.2 Å². The molecule has 0 aromatic heterocycles. The van der Waals surface area contributed by atoms with Gasteiger partial charge in [-0.2, -0.15) is 0 Å².